The second kappa shape index (κ2) is 29.4. The fourth-order valence-electron chi connectivity index (χ4n) is 7.09. The topological polar surface area (TPSA) is 171 Å². The first-order valence-electron chi connectivity index (χ1n) is 25.5. The summed E-state index contributed by atoms with van der Waals surface area (Å²) in [5, 5.41) is 3.10. The second-order valence-electron chi connectivity index (χ2n) is 22.6. The number of ether oxygens (including phenoxy) is 8. The van der Waals surface area contributed by atoms with Crippen LogP contribution in [0, 0.1) is 21.7 Å². The maximum atomic E-state index is 13.8. The number of amides is 1. The molecule has 0 spiro atoms. The maximum absolute atomic E-state index is 13.8. The molecule has 0 unspecified atom stereocenters. The van der Waals surface area contributed by atoms with E-state index in [-0.39, 0.29) is 25.5 Å². The molecule has 1 fully saturated rings. The van der Waals surface area contributed by atoms with Crippen LogP contribution < -0.4 is 10.1 Å². The van der Waals surface area contributed by atoms with E-state index in [2.05, 4.69) is 18.8 Å². The first-order chi connectivity index (χ1) is 32.2. The van der Waals surface area contributed by atoms with Crippen LogP contribution in [0.15, 0.2) is 36.9 Å². The zero-order valence-corrected chi connectivity index (χ0v) is 45.0. The van der Waals surface area contributed by atoms with Gasteiger partial charge in [0, 0.05) is 6.42 Å². The molecule has 1 saturated heterocycles. The molecule has 394 valence electrons. The Labute approximate surface area is 415 Å². The number of esters is 4. The Morgan fingerprint density at radius 2 is 1.09 bits per heavy atom. The van der Waals surface area contributed by atoms with Gasteiger partial charge in [-0.3, -0.25) is 24.0 Å². The van der Waals surface area contributed by atoms with Gasteiger partial charge in [0.2, 0.25) is 5.91 Å². The summed E-state index contributed by atoms with van der Waals surface area (Å²) >= 11 is 0. The van der Waals surface area contributed by atoms with Gasteiger partial charge in [0.25, 0.3) is 0 Å². The predicted octanol–water partition coefficient (Wildman–Crippen LogP) is 10.9. The van der Waals surface area contributed by atoms with Crippen LogP contribution in [0.3, 0.4) is 0 Å². The van der Waals surface area contributed by atoms with Crippen molar-refractivity contribution < 1.29 is 61.9 Å². The Morgan fingerprint density at radius 1 is 0.638 bits per heavy atom. The first kappa shape index (κ1) is 61.1. The number of benzene rings is 1. The molecule has 2 rings (SSSR count). The molecule has 0 aliphatic carbocycles. The van der Waals surface area contributed by atoms with Crippen molar-refractivity contribution in [2.45, 2.75) is 229 Å². The number of hydrogen-bond donors (Lipinski definition) is 1. The average molecular weight is 974 g/mol. The molecule has 1 N–H and O–H groups in total. The summed E-state index contributed by atoms with van der Waals surface area (Å²) in [5.41, 5.74) is -3.19. The highest BCUT2D eigenvalue weighted by Crippen LogP contribution is 2.35. The molecule has 1 aliphatic rings. The van der Waals surface area contributed by atoms with Crippen molar-refractivity contribution in [2.75, 3.05) is 20.3 Å². The molecule has 0 saturated carbocycles. The molecule has 14 nitrogen and oxygen atoms in total. The maximum Gasteiger partial charge on any atom is 0.311 e. The minimum Gasteiger partial charge on any atom is -0.497 e. The van der Waals surface area contributed by atoms with Crippen molar-refractivity contribution in [1.82, 2.24) is 5.32 Å². The van der Waals surface area contributed by atoms with Crippen molar-refractivity contribution >= 4 is 29.8 Å². The Morgan fingerprint density at radius 3 is 1.54 bits per heavy atom. The fraction of sp³-hybridized carbons (Fsp3) is 0.764. The van der Waals surface area contributed by atoms with Gasteiger partial charge in [0.1, 0.15) is 18.5 Å². The third-order valence-corrected chi connectivity index (χ3v) is 11.7. The number of nitrogens with one attached hydrogen (secondary N) is 1. The summed E-state index contributed by atoms with van der Waals surface area (Å²) in [4.78, 5) is 68.2. The summed E-state index contributed by atoms with van der Waals surface area (Å²) in [6.45, 7) is 25.7. The Balaban J connectivity index is 2.50. The number of carbonyl (C=O) groups excluding carboxylic acids is 5. The largest absolute Gasteiger partial charge is 0.497 e. The molecule has 14 heteroatoms. The fourth-order valence-corrected chi connectivity index (χ4v) is 7.09. The van der Waals surface area contributed by atoms with Gasteiger partial charge in [-0.05, 0) is 107 Å². The van der Waals surface area contributed by atoms with E-state index in [0.717, 1.165) is 24.8 Å². The van der Waals surface area contributed by atoms with E-state index in [1.165, 1.54) is 57.8 Å². The SMILES string of the molecule is C=C[C@@H](OCc1ccc(OC)cc1)[C@H](CO[C@@H]1O[C@H](COC(=O)C(C)(C)C)[C@H](OC(=O)C(C)(C)C)[C@H](OC(=O)C(C)(C)C)[C@H]1OC(=O)C(C)(C)C)NC(=O)CCCCCCCCCCCCCCC. The molecule has 7 atom stereocenters. The lowest BCUT2D eigenvalue weighted by Crippen LogP contribution is -2.64. The summed E-state index contributed by atoms with van der Waals surface area (Å²) < 4.78 is 49.0. The van der Waals surface area contributed by atoms with E-state index in [9.17, 15) is 24.0 Å². The molecule has 1 amide bonds. The van der Waals surface area contributed by atoms with Crippen molar-refractivity contribution in [1.29, 1.82) is 0 Å². The van der Waals surface area contributed by atoms with Crippen LogP contribution in [-0.4, -0.2) is 93.0 Å². The molecule has 0 aromatic heterocycles. The molecular formula is C55H91NO13. The lowest BCUT2D eigenvalue weighted by Gasteiger charge is -2.46. The highest BCUT2D eigenvalue weighted by molar-refractivity contribution is 5.78. The Hall–Kier alpha value is -4.01. The lowest BCUT2D eigenvalue weighted by atomic mass is 9.93. The van der Waals surface area contributed by atoms with Gasteiger partial charge in [0.15, 0.2) is 24.6 Å². The van der Waals surface area contributed by atoms with E-state index in [1.54, 1.807) is 96.3 Å². The number of methoxy groups -OCH3 is 1. The number of unbranched alkanes of at least 4 members (excludes halogenated alkanes) is 12. The van der Waals surface area contributed by atoms with E-state index in [4.69, 9.17) is 37.9 Å². The Bertz CT molecular complexity index is 1720. The summed E-state index contributed by atoms with van der Waals surface area (Å²) in [7, 11) is 1.59. The molecule has 1 aromatic carbocycles. The van der Waals surface area contributed by atoms with E-state index in [0.29, 0.717) is 12.2 Å². The number of carbonyl (C=O) groups is 5. The van der Waals surface area contributed by atoms with E-state index < -0.39 is 95.0 Å². The van der Waals surface area contributed by atoms with Crippen molar-refractivity contribution in [3.63, 3.8) is 0 Å². The third-order valence-electron chi connectivity index (χ3n) is 11.7. The van der Waals surface area contributed by atoms with Gasteiger partial charge >= 0.3 is 23.9 Å². The monoisotopic (exact) mass is 974 g/mol. The summed E-state index contributed by atoms with van der Waals surface area (Å²) in [6, 6.07) is 6.54. The van der Waals surface area contributed by atoms with E-state index >= 15 is 0 Å². The van der Waals surface area contributed by atoms with Crippen LogP contribution in [-0.2, 0) is 63.7 Å². The van der Waals surface area contributed by atoms with Gasteiger partial charge in [-0.1, -0.05) is 102 Å². The Kier molecular flexibility index (Phi) is 26.0. The van der Waals surface area contributed by atoms with Gasteiger partial charge in [-0.15, -0.1) is 6.58 Å². The highest BCUT2D eigenvalue weighted by Gasteiger charge is 2.55. The van der Waals surface area contributed by atoms with Crippen molar-refractivity contribution in [3.8, 4) is 5.75 Å². The van der Waals surface area contributed by atoms with Crippen LogP contribution in [0.5, 0.6) is 5.75 Å². The summed E-state index contributed by atoms with van der Waals surface area (Å²) in [5.74, 6) is -2.14. The molecule has 1 aliphatic heterocycles. The number of hydrogen-bond acceptors (Lipinski definition) is 13. The van der Waals surface area contributed by atoms with Crippen molar-refractivity contribution in [3.05, 3.63) is 42.5 Å². The molecule has 69 heavy (non-hydrogen) atoms. The molecule has 1 aromatic rings. The number of rotatable bonds is 29. The standard InChI is InChI=1S/C55H91NO13/c1-16-18-19-20-21-22-23-24-25-26-27-28-29-30-43(57)56-40(41(17-2)63-35-38-31-33-39(62-15)34-32-38)36-64-47-46(69-51(61)55(12,13)14)45(68-50(60)54(9,10)11)44(67-49(59)53(6,7)8)42(66-47)37-65-48(58)52(3,4)5/h17,31-34,40-42,44-47H,2,16,18-30,35-37H2,1,3-15H3,(H,56,57)/t40-,41+,42+,44-,45-,46+,47+/m0/s1. The molecule has 0 radical (unpaired) electrons. The normalized spacial score (nSPS) is 19.7. The molecular weight excluding hydrogens is 883 g/mol. The van der Waals surface area contributed by atoms with Gasteiger partial charge in [0.05, 0.1) is 54.1 Å². The predicted molar refractivity (Wildman–Crippen MR) is 267 cm³/mol. The van der Waals surface area contributed by atoms with Crippen LogP contribution in [0.4, 0.5) is 0 Å². The zero-order chi connectivity index (χ0) is 52.0. The molecule has 1 heterocycles. The van der Waals surface area contributed by atoms with Gasteiger partial charge in [-0.25, -0.2) is 0 Å². The van der Waals surface area contributed by atoms with Crippen LogP contribution >= 0.6 is 0 Å². The van der Waals surface area contributed by atoms with Gasteiger partial charge in [-0.2, -0.15) is 0 Å². The van der Waals surface area contributed by atoms with E-state index in [1.807, 2.05) is 24.3 Å². The lowest BCUT2D eigenvalue weighted by molar-refractivity contribution is -0.313. The second-order valence-corrected chi connectivity index (χ2v) is 22.6. The minimum atomic E-state index is -1.51. The minimum absolute atomic E-state index is 0.157. The summed E-state index contributed by atoms with van der Waals surface area (Å²) in [6.07, 6.45) is 9.18. The van der Waals surface area contributed by atoms with Gasteiger partial charge < -0.3 is 43.2 Å². The highest BCUT2D eigenvalue weighted by atomic mass is 16.7. The zero-order valence-electron chi connectivity index (χ0n) is 45.0. The third kappa shape index (κ3) is 22.7. The van der Waals surface area contributed by atoms with Crippen molar-refractivity contribution in [2.24, 2.45) is 21.7 Å². The van der Waals surface area contributed by atoms with Crippen LogP contribution in [0.2, 0.25) is 0 Å². The smallest absolute Gasteiger partial charge is 0.311 e. The van der Waals surface area contributed by atoms with Crippen LogP contribution in [0.1, 0.15) is 185 Å². The quantitative estimate of drug-likeness (QED) is 0.0348. The average Bonchev–Trinajstić information content (AvgIpc) is 3.26. The molecule has 0 bridgehead atoms. The van der Waals surface area contributed by atoms with Crippen LogP contribution in [0.25, 0.3) is 0 Å². The first-order valence-corrected chi connectivity index (χ1v) is 25.5.